The van der Waals surface area contributed by atoms with Gasteiger partial charge in [-0.3, -0.25) is 9.89 Å². The van der Waals surface area contributed by atoms with Crippen molar-refractivity contribution in [3.05, 3.63) is 83.9 Å². The number of aryl methyl sites for hydroxylation is 2. The Morgan fingerprint density at radius 1 is 1.07 bits per heavy atom. The summed E-state index contributed by atoms with van der Waals surface area (Å²) in [5, 5.41) is 11.5. The Bertz CT molecular complexity index is 1360. The molecule has 5 rings (SSSR count). The number of carbonyl (C=O) groups is 1. The molecule has 0 bridgehead atoms. The highest BCUT2D eigenvalue weighted by molar-refractivity contribution is 6.07. The van der Waals surface area contributed by atoms with Crippen LogP contribution in [0.2, 0.25) is 0 Å². The molecule has 0 spiro atoms. The van der Waals surface area contributed by atoms with Crippen LogP contribution in [-0.4, -0.2) is 25.5 Å². The number of benzene rings is 2. The lowest BCUT2D eigenvalue weighted by atomic mass is 10.1. The van der Waals surface area contributed by atoms with Crippen molar-refractivity contribution in [2.45, 2.75) is 13.8 Å². The highest BCUT2D eigenvalue weighted by Gasteiger charge is 2.16. The van der Waals surface area contributed by atoms with Crippen molar-refractivity contribution in [1.29, 1.82) is 0 Å². The fraction of sp³-hybridized carbons (Fsp3) is 0.0870. The minimum absolute atomic E-state index is 0.139. The van der Waals surface area contributed by atoms with Gasteiger partial charge < -0.3 is 9.72 Å². The summed E-state index contributed by atoms with van der Waals surface area (Å²) < 4.78 is 1.93. The third-order valence-corrected chi connectivity index (χ3v) is 5.24. The number of amides is 1. The van der Waals surface area contributed by atoms with Gasteiger partial charge in [-0.25, -0.2) is 4.98 Å². The SMILES string of the molecule is Cc1cc2cncn2c(C)c1C(=O)Nc1ccc2[nH]nc(-c3ccccc3)c2c1. The number of rotatable bonds is 3. The third-order valence-electron chi connectivity index (χ3n) is 5.24. The molecule has 3 aromatic heterocycles. The number of aromatic amines is 1. The molecule has 0 saturated heterocycles. The Hall–Kier alpha value is -3.93. The van der Waals surface area contributed by atoms with Crippen LogP contribution < -0.4 is 5.32 Å². The second-order valence-corrected chi connectivity index (χ2v) is 7.13. The first kappa shape index (κ1) is 17.2. The molecule has 0 radical (unpaired) electrons. The van der Waals surface area contributed by atoms with Crippen LogP contribution in [0.5, 0.6) is 0 Å². The summed E-state index contributed by atoms with van der Waals surface area (Å²) in [6.07, 6.45) is 3.52. The highest BCUT2D eigenvalue weighted by Crippen LogP contribution is 2.29. The van der Waals surface area contributed by atoms with Crippen molar-refractivity contribution in [1.82, 2.24) is 19.6 Å². The van der Waals surface area contributed by atoms with Crippen LogP contribution in [0.25, 0.3) is 27.7 Å². The van der Waals surface area contributed by atoms with E-state index in [0.29, 0.717) is 5.56 Å². The normalized spacial score (nSPS) is 11.2. The molecular weight excluding hydrogens is 362 g/mol. The standard InChI is InChI=1S/C23H19N5O/c1-14-10-18-12-24-13-28(18)15(2)21(14)23(29)25-17-8-9-20-19(11-17)22(27-26-20)16-6-4-3-5-7-16/h3-13H,1-2H3,(H,25,29)(H,26,27). The summed E-state index contributed by atoms with van der Waals surface area (Å²) in [7, 11) is 0. The lowest BCUT2D eigenvalue weighted by Crippen LogP contribution is -2.16. The second kappa shape index (κ2) is 6.60. The molecule has 0 atom stereocenters. The maximum atomic E-state index is 13.1. The second-order valence-electron chi connectivity index (χ2n) is 7.13. The van der Waals surface area contributed by atoms with Gasteiger partial charge in [0.2, 0.25) is 0 Å². The molecule has 6 heteroatoms. The summed E-state index contributed by atoms with van der Waals surface area (Å²) in [4.78, 5) is 17.3. The molecule has 2 N–H and O–H groups in total. The third kappa shape index (κ3) is 2.86. The van der Waals surface area contributed by atoms with E-state index in [1.165, 1.54) is 0 Å². The number of fused-ring (bicyclic) bond motifs is 2. The molecule has 6 nitrogen and oxygen atoms in total. The van der Waals surface area contributed by atoms with Crippen molar-refractivity contribution in [3.63, 3.8) is 0 Å². The number of aromatic nitrogens is 4. The molecule has 142 valence electrons. The van der Waals surface area contributed by atoms with Gasteiger partial charge in [-0.1, -0.05) is 30.3 Å². The summed E-state index contributed by atoms with van der Waals surface area (Å²) in [6, 6.07) is 17.7. The molecule has 0 fully saturated rings. The zero-order valence-electron chi connectivity index (χ0n) is 16.1. The van der Waals surface area contributed by atoms with Crippen LogP contribution in [0.1, 0.15) is 21.6 Å². The van der Waals surface area contributed by atoms with Gasteiger partial charge in [0.25, 0.3) is 5.91 Å². The first-order valence-corrected chi connectivity index (χ1v) is 9.39. The average Bonchev–Trinajstić information content (AvgIpc) is 3.35. The monoisotopic (exact) mass is 381 g/mol. The number of hydrogen-bond donors (Lipinski definition) is 2. The first-order valence-electron chi connectivity index (χ1n) is 9.39. The molecule has 2 aromatic carbocycles. The molecule has 0 unspecified atom stereocenters. The molecule has 0 aliphatic heterocycles. The zero-order chi connectivity index (χ0) is 20.0. The number of nitrogens with zero attached hydrogens (tertiary/aromatic N) is 3. The first-order chi connectivity index (χ1) is 14.1. The van der Waals surface area contributed by atoms with Crippen LogP contribution in [0, 0.1) is 13.8 Å². The van der Waals surface area contributed by atoms with Crippen LogP contribution in [-0.2, 0) is 0 Å². The van der Waals surface area contributed by atoms with Gasteiger partial charge in [0.15, 0.2) is 0 Å². The van der Waals surface area contributed by atoms with Crippen LogP contribution in [0.4, 0.5) is 5.69 Å². The fourth-order valence-corrected chi connectivity index (χ4v) is 3.84. The summed E-state index contributed by atoms with van der Waals surface area (Å²) in [6.45, 7) is 3.88. The molecule has 0 saturated carbocycles. The Labute approximate surface area is 167 Å². The van der Waals surface area contributed by atoms with E-state index in [4.69, 9.17) is 0 Å². The zero-order valence-corrected chi connectivity index (χ0v) is 16.1. The van der Waals surface area contributed by atoms with Crippen molar-refractivity contribution < 1.29 is 4.79 Å². The molecule has 0 aliphatic rings. The van der Waals surface area contributed by atoms with Gasteiger partial charge >= 0.3 is 0 Å². The summed E-state index contributed by atoms with van der Waals surface area (Å²) in [5.74, 6) is -0.139. The van der Waals surface area contributed by atoms with Gasteiger partial charge in [-0.2, -0.15) is 5.10 Å². The Morgan fingerprint density at radius 2 is 1.90 bits per heavy atom. The van der Waals surface area contributed by atoms with Crippen molar-refractivity contribution in [2.75, 3.05) is 5.32 Å². The average molecular weight is 381 g/mol. The minimum atomic E-state index is -0.139. The number of pyridine rings is 1. The van der Waals surface area contributed by atoms with E-state index in [1.807, 2.05) is 72.8 Å². The number of nitrogens with one attached hydrogen (secondary N) is 2. The van der Waals surface area contributed by atoms with E-state index in [0.717, 1.165) is 44.6 Å². The van der Waals surface area contributed by atoms with Crippen LogP contribution >= 0.6 is 0 Å². The van der Waals surface area contributed by atoms with Crippen molar-refractivity contribution in [3.8, 4) is 11.3 Å². The number of carbonyl (C=O) groups excluding carboxylic acids is 1. The maximum absolute atomic E-state index is 13.1. The lowest BCUT2D eigenvalue weighted by molar-refractivity contribution is 0.102. The topological polar surface area (TPSA) is 75.1 Å². The molecule has 0 aliphatic carbocycles. The van der Waals surface area contributed by atoms with E-state index < -0.39 is 0 Å². The molecule has 3 heterocycles. The number of hydrogen-bond acceptors (Lipinski definition) is 3. The van der Waals surface area contributed by atoms with E-state index in [1.54, 1.807) is 12.5 Å². The number of anilines is 1. The highest BCUT2D eigenvalue weighted by atomic mass is 16.1. The van der Waals surface area contributed by atoms with E-state index in [9.17, 15) is 4.79 Å². The molecule has 29 heavy (non-hydrogen) atoms. The van der Waals surface area contributed by atoms with Crippen molar-refractivity contribution >= 4 is 28.0 Å². The van der Waals surface area contributed by atoms with Gasteiger partial charge in [-0.15, -0.1) is 0 Å². The van der Waals surface area contributed by atoms with Crippen LogP contribution in [0.3, 0.4) is 0 Å². The fourth-order valence-electron chi connectivity index (χ4n) is 3.84. The van der Waals surface area contributed by atoms with Gasteiger partial charge in [0.1, 0.15) is 0 Å². The lowest BCUT2D eigenvalue weighted by Gasteiger charge is -2.13. The van der Waals surface area contributed by atoms with E-state index in [2.05, 4.69) is 20.5 Å². The predicted molar refractivity (Wildman–Crippen MR) is 114 cm³/mol. The smallest absolute Gasteiger partial charge is 0.257 e. The Balaban J connectivity index is 1.53. The Kier molecular flexibility index (Phi) is 3.91. The number of H-pyrrole nitrogens is 1. The van der Waals surface area contributed by atoms with Gasteiger partial charge in [-0.05, 0) is 43.7 Å². The molecular formula is C23H19N5O. The van der Waals surface area contributed by atoms with Crippen LogP contribution in [0.15, 0.2) is 67.1 Å². The van der Waals surface area contributed by atoms with Gasteiger partial charge in [0, 0.05) is 22.3 Å². The predicted octanol–water partition coefficient (Wildman–Crippen LogP) is 4.75. The van der Waals surface area contributed by atoms with E-state index >= 15 is 0 Å². The van der Waals surface area contributed by atoms with E-state index in [-0.39, 0.29) is 5.91 Å². The Morgan fingerprint density at radius 3 is 2.72 bits per heavy atom. The largest absolute Gasteiger partial charge is 0.322 e. The number of imidazole rings is 1. The quantitative estimate of drug-likeness (QED) is 0.474. The molecule has 5 aromatic rings. The summed E-state index contributed by atoms with van der Waals surface area (Å²) in [5.41, 5.74) is 6.96. The maximum Gasteiger partial charge on any atom is 0.257 e. The van der Waals surface area contributed by atoms with Crippen molar-refractivity contribution in [2.24, 2.45) is 0 Å². The molecule has 1 amide bonds. The minimum Gasteiger partial charge on any atom is -0.322 e. The van der Waals surface area contributed by atoms with Gasteiger partial charge in [0.05, 0.1) is 34.8 Å². The summed E-state index contributed by atoms with van der Waals surface area (Å²) >= 11 is 0.